The molecule has 0 aliphatic heterocycles. The van der Waals surface area contributed by atoms with E-state index in [4.69, 9.17) is 14.2 Å². The van der Waals surface area contributed by atoms with Crippen molar-refractivity contribution in [2.24, 2.45) is 0 Å². The van der Waals surface area contributed by atoms with Crippen molar-refractivity contribution >= 4 is 21.4 Å². The Morgan fingerprint density at radius 2 is 2.30 bits per heavy atom. The van der Waals surface area contributed by atoms with Gasteiger partial charge in [0, 0.05) is 29.7 Å². The second-order valence-electron chi connectivity index (χ2n) is 6.77. The first-order valence-corrected chi connectivity index (χ1v) is 9.91. The Kier molecular flexibility index (Phi) is 4.21. The van der Waals surface area contributed by atoms with Gasteiger partial charge in [-0.2, -0.15) is 4.98 Å². The zero-order valence-corrected chi connectivity index (χ0v) is 15.8. The maximum absolute atomic E-state index is 5.63. The molecule has 3 aromatic heterocycles. The highest BCUT2D eigenvalue weighted by molar-refractivity contribution is 7.17. The van der Waals surface area contributed by atoms with Crippen molar-refractivity contribution in [2.45, 2.75) is 31.7 Å². The van der Waals surface area contributed by atoms with Crippen LogP contribution in [0.2, 0.25) is 0 Å². The number of methoxy groups -OCH3 is 1. The van der Waals surface area contributed by atoms with Gasteiger partial charge in [0.1, 0.15) is 0 Å². The van der Waals surface area contributed by atoms with Gasteiger partial charge in [-0.25, -0.2) is 4.68 Å². The van der Waals surface area contributed by atoms with E-state index in [-0.39, 0.29) is 5.92 Å². The quantitative estimate of drug-likeness (QED) is 0.527. The SMILES string of the molecule is COCCn1nnc2c1CC(c1nc(-c3ccc4sccc4c3)no1)CC2. The number of hydrogen-bond acceptors (Lipinski definition) is 7. The second-order valence-corrected chi connectivity index (χ2v) is 7.72. The van der Waals surface area contributed by atoms with Crippen molar-refractivity contribution in [3.63, 3.8) is 0 Å². The Morgan fingerprint density at radius 3 is 3.22 bits per heavy atom. The van der Waals surface area contributed by atoms with E-state index in [0.29, 0.717) is 24.9 Å². The Hall–Kier alpha value is -2.58. The summed E-state index contributed by atoms with van der Waals surface area (Å²) >= 11 is 1.73. The van der Waals surface area contributed by atoms with E-state index >= 15 is 0 Å². The maximum atomic E-state index is 5.63. The lowest BCUT2D eigenvalue weighted by Crippen LogP contribution is -2.18. The molecule has 138 valence electrons. The molecule has 27 heavy (non-hydrogen) atoms. The van der Waals surface area contributed by atoms with Gasteiger partial charge in [0.15, 0.2) is 0 Å². The first kappa shape index (κ1) is 16.6. The monoisotopic (exact) mass is 381 g/mol. The summed E-state index contributed by atoms with van der Waals surface area (Å²) in [6.45, 7) is 1.33. The molecule has 0 saturated heterocycles. The van der Waals surface area contributed by atoms with Crippen LogP contribution in [0.15, 0.2) is 34.2 Å². The third-order valence-electron chi connectivity index (χ3n) is 5.10. The van der Waals surface area contributed by atoms with E-state index < -0.39 is 0 Å². The van der Waals surface area contributed by atoms with Crippen LogP contribution >= 0.6 is 11.3 Å². The third-order valence-corrected chi connectivity index (χ3v) is 5.99. The predicted octanol–water partition coefficient (Wildman–Crippen LogP) is 3.46. The minimum absolute atomic E-state index is 0.198. The van der Waals surface area contributed by atoms with Crippen LogP contribution in [-0.4, -0.2) is 38.9 Å². The topological polar surface area (TPSA) is 78.9 Å². The van der Waals surface area contributed by atoms with Crippen LogP contribution in [0.4, 0.5) is 0 Å². The van der Waals surface area contributed by atoms with E-state index in [1.807, 2.05) is 4.68 Å². The molecule has 0 bridgehead atoms. The molecule has 0 saturated carbocycles. The number of thiophene rings is 1. The average Bonchev–Trinajstić information content (AvgIpc) is 3.44. The standard InChI is InChI=1S/C19H19N5O2S/c1-25-8-7-24-16-11-14(2-4-15(16)21-23-24)19-20-18(22-26-19)13-3-5-17-12(10-13)6-9-27-17/h3,5-6,9-10,14H,2,4,7-8,11H2,1H3. The van der Waals surface area contributed by atoms with Crippen LogP contribution in [-0.2, 0) is 24.1 Å². The molecule has 1 atom stereocenters. The molecule has 1 unspecified atom stereocenters. The lowest BCUT2D eigenvalue weighted by Gasteiger charge is -2.19. The molecule has 1 aromatic carbocycles. The number of hydrogen-bond donors (Lipinski definition) is 0. The molecule has 0 amide bonds. The molecule has 0 N–H and O–H groups in total. The molecule has 8 heteroatoms. The van der Waals surface area contributed by atoms with Crippen LogP contribution in [0.1, 0.15) is 29.6 Å². The van der Waals surface area contributed by atoms with Crippen LogP contribution in [0.3, 0.4) is 0 Å². The smallest absolute Gasteiger partial charge is 0.230 e. The Bertz CT molecular complexity index is 1080. The molecule has 0 radical (unpaired) electrons. The summed E-state index contributed by atoms with van der Waals surface area (Å²) in [5.74, 6) is 1.54. The van der Waals surface area contributed by atoms with Crippen LogP contribution in [0.25, 0.3) is 21.5 Å². The van der Waals surface area contributed by atoms with Crippen molar-refractivity contribution in [1.82, 2.24) is 25.1 Å². The summed E-state index contributed by atoms with van der Waals surface area (Å²) in [7, 11) is 1.69. The molecular formula is C19H19N5O2S. The summed E-state index contributed by atoms with van der Waals surface area (Å²) in [6, 6.07) is 8.39. The number of nitrogens with zero attached hydrogens (tertiary/aromatic N) is 5. The van der Waals surface area contributed by atoms with E-state index in [1.54, 1.807) is 18.4 Å². The van der Waals surface area contributed by atoms with Crippen molar-refractivity contribution in [2.75, 3.05) is 13.7 Å². The minimum Gasteiger partial charge on any atom is -0.383 e. The zero-order chi connectivity index (χ0) is 18.2. The molecular weight excluding hydrogens is 362 g/mol. The number of aromatic nitrogens is 5. The lowest BCUT2D eigenvalue weighted by molar-refractivity contribution is 0.181. The van der Waals surface area contributed by atoms with Crippen molar-refractivity contribution in [1.29, 1.82) is 0 Å². The van der Waals surface area contributed by atoms with Gasteiger partial charge in [-0.3, -0.25) is 0 Å². The van der Waals surface area contributed by atoms with Crippen LogP contribution < -0.4 is 0 Å². The fourth-order valence-electron chi connectivity index (χ4n) is 3.62. The predicted molar refractivity (Wildman–Crippen MR) is 102 cm³/mol. The average molecular weight is 381 g/mol. The first-order valence-electron chi connectivity index (χ1n) is 9.03. The zero-order valence-electron chi connectivity index (χ0n) is 15.0. The van der Waals surface area contributed by atoms with Crippen LogP contribution in [0.5, 0.6) is 0 Å². The highest BCUT2D eigenvalue weighted by Gasteiger charge is 2.29. The van der Waals surface area contributed by atoms with E-state index in [1.165, 1.54) is 10.1 Å². The van der Waals surface area contributed by atoms with E-state index in [9.17, 15) is 0 Å². The molecule has 7 nitrogen and oxygen atoms in total. The molecule has 1 aliphatic carbocycles. The van der Waals surface area contributed by atoms with Crippen LogP contribution in [0, 0.1) is 0 Å². The fourth-order valence-corrected chi connectivity index (χ4v) is 4.40. The molecule has 0 fully saturated rings. The highest BCUT2D eigenvalue weighted by atomic mass is 32.1. The molecule has 3 heterocycles. The lowest BCUT2D eigenvalue weighted by atomic mass is 9.89. The summed E-state index contributed by atoms with van der Waals surface area (Å²) in [5.41, 5.74) is 3.21. The summed E-state index contributed by atoms with van der Waals surface area (Å²) in [4.78, 5) is 4.70. The summed E-state index contributed by atoms with van der Waals surface area (Å²) in [5, 5.41) is 16.1. The number of benzene rings is 1. The maximum Gasteiger partial charge on any atom is 0.230 e. The molecule has 4 aromatic rings. The van der Waals surface area contributed by atoms with Gasteiger partial charge < -0.3 is 9.26 Å². The molecule has 0 spiro atoms. The van der Waals surface area contributed by atoms with Gasteiger partial charge in [0.2, 0.25) is 11.7 Å². The number of rotatable bonds is 5. The first-order chi connectivity index (χ1) is 13.3. The summed E-state index contributed by atoms with van der Waals surface area (Å²) in [6.07, 6.45) is 2.64. The van der Waals surface area contributed by atoms with E-state index in [0.717, 1.165) is 36.2 Å². The van der Waals surface area contributed by atoms with Crippen molar-refractivity contribution < 1.29 is 9.26 Å². The summed E-state index contributed by atoms with van der Waals surface area (Å²) < 4.78 is 14.0. The van der Waals surface area contributed by atoms with E-state index in [2.05, 4.69) is 45.1 Å². The van der Waals surface area contributed by atoms with Gasteiger partial charge in [-0.1, -0.05) is 10.4 Å². The Morgan fingerprint density at radius 1 is 1.33 bits per heavy atom. The third kappa shape index (κ3) is 3.04. The second kappa shape index (κ2) is 6.86. The normalized spacial score (nSPS) is 16.7. The number of ether oxygens (including phenoxy) is 1. The number of fused-ring (bicyclic) bond motifs is 2. The van der Waals surface area contributed by atoms with Gasteiger partial charge in [0.25, 0.3) is 0 Å². The van der Waals surface area contributed by atoms with Crippen molar-refractivity contribution in [3.05, 3.63) is 46.9 Å². The fraction of sp³-hybridized carbons (Fsp3) is 0.368. The Balaban J connectivity index is 1.39. The number of aryl methyl sites for hydroxylation is 1. The highest BCUT2D eigenvalue weighted by Crippen LogP contribution is 2.32. The van der Waals surface area contributed by atoms with Gasteiger partial charge >= 0.3 is 0 Å². The largest absolute Gasteiger partial charge is 0.383 e. The van der Waals surface area contributed by atoms with Gasteiger partial charge in [0.05, 0.1) is 24.5 Å². The van der Waals surface area contributed by atoms with Gasteiger partial charge in [-0.15, -0.1) is 16.4 Å². The molecule has 5 rings (SSSR count). The molecule has 1 aliphatic rings. The van der Waals surface area contributed by atoms with Crippen molar-refractivity contribution in [3.8, 4) is 11.4 Å². The Labute approximate surface area is 160 Å². The minimum atomic E-state index is 0.198. The van der Waals surface area contributed by atoms with Gasteiger partial charge in [-0.05, 0) is 47.9 Å².